The Labute approximate surface area is 123 Å². The van der Waals surface area contributed by atoms with Gasteiger partial charge in [-0.05, 0) is 43.0 Å². The molecule has 5 heteroatoms. The molecule has 0 bridgehead atoms. The normalized spacial score (nSPS) is 14.0. The molecule has 0 aliphatic heterocycles. The Hall–Kier alpha value is -2.56. The van der Waals surface area contributed by atoms with Gasteiger partial charge in [0.25, 0.3) is 0 Å². The maximum absolute atomic E-state index is 8.78. The number of anilines is 2. The van der Waals surface area contributed by atoms with Crippen LogP contribution in [0.5, 0.6) is 0 Å². The zero-order valence-corrected chi connectivity index (χ0v) is 12.0. The third-order valence-corrected chi connectivity index (χ3v) is 3.89. The summed E-state index contributed by atoms with van der Waals surface area (Å²) in [5.74, 6) is 1.01. The van der Waals surface area contributed by atoms with Crippen molar-refractivity contribution in [3.8, 4) is 0 Å². The number of nitrogens with zero attached hydrogens (tertiary/aromatic N) is 3. The molecule has 2 aromatic rings. The number of aryl methyl sites for hydroxylation is 2. The molecule has 21 heavy (non-hydrogen) atoms. The molecule has 0 saturated carbocycles. The van der Waals surface area contributed by atoms with Crippen LogP contribution in [0.3, 0.4) is 0 Å². The average molecular weight is 282 g/mol. The highest BCUT2D eigenvalue weighted by Crippen LogP contribution is 2.27. The van der Waals surface area contributed by atoms with Crippen molar-refractivity contribution in [1.29, 1.82) is 0 Å². The summed E-state index contributed by atoms with van der Waals surface area (Å²) in [6, 6.07) is 11.7. The molecule has 0 saturated heterocycles. The van der Waals surface area contributed by atoms with Crippen molar-refractivity contribution < 1.29 is 5.21 Å². The first-order valence-corrected chi connectivity index (χ1v) is 6.99. The van der Waals surface area contributed by atoms with E-state index < -0.39 is 0 Å². The molecule has 1 aromatic carbocycles. The molecule has 0 atom stereocenters. The SMILES string of the molecule is CN(c1cccc(/C(N)=N/O)c1)c1ccc2c(n1)CCC2. The van der Waals surface area contributed by atoms with Gasteiger partial charge in [0.1, 0.15) is 5.82 Å². The van der Waals surface area contributed by atoms with E-state index in [9.17, 15) is 0 Å². The van der Waals surface area contributed by atoms with E-state index in [1.54, 1.807) is 0 Å². The number of nitrogens with two attached hydrogens (primary N) is 1. The van der Waals surface area contributed by atoms with E-state index in [-0.39, 0.29) is 5.84 Å². The number of aromatic nitrogens is 1. The van der Waals surface area contributed by atoms with Gasteiger partial charge >= 0.3 is 0 Å². The predicted octanol–water partition coefficient (Wildman–Crippen LogP) is 2.43. The van der Waals surface area contributed by atoms with E-state index in [4.69, 9.17) is 15.9 Å². The van der Waals surface area contributed by atoms with Gasteiger partial charge in [0.15, 0.2) is 5.84 Å². The fourth-order valence-corrected chi connectivity index (χ4v) is 2.66. The van der Waals surface area contributed by atoms with Gasteiger partial charge < -0.3 is 15.8 Å². The van der Waals surface area contributed by atoms with Crippen LogP contribution in [0, 0.1) is 0 Å². The highest BCUT2D eigenvalue weighted by Gasteiger charge is 2.15. The number of pyridine rings is 1. The molecular weight excluding hydrogens is 264 g/mol. The van der Waals surface area contributed by atoms with Crippen LogP contribution in [-0.2, 0) is 12.8 Å². The van der Waals surface area contributed by atoms with Crippen LogP contribution in [0.15, 0.2) is 41.6 Å². The molecule has 0 amide bonds. The lowest BCUT2D eigenvalue weighted by molar-refractivity contribution is 0.318. The first-order valence-electron chi connectivity index (χ1n) is 6.99. The molecule has 1 aromatic heterocycles. The second kappa shape index (κ2) is 5.44. The lowest BCUT2D eigenvalue weighted by atomic mass is 10.1. The summed E-state index contributed by atoms with van der Waals surface area (Å²) in [6.45, 7) is 0. The zero-order valence-electron chi connectivity index (χ0n) is 12.0. The number of rotatable bonds is 3. The number of benzene rings is 1. The average Bonchev–Trinajstić information content (AvgIpc) is 3.01. The maximum Gasteiger partial charge on any atom is 0.170 e. The lowest BCUT2D eigenvalue weighted by Crippen LogP contribution is -2.16. The van der Waals surface area contributed by atoms with Gasteiger partial charge in [-0.25, -0.2) is 4.98 Å². The minimum Gasteiger partial charge on any atom is -0.409 e. The lowest BCUT2D eigenvalue weighted by Gasteiger charge is -2.19. The number of hydrogen-bond acceptors (Lipinski definition) is 4. The molecule has 1 heterocycles. The third-order valence-electron chi connectivity index (χ3n) is 3.89. The van der Waals surface area contributed by atoms with E-state index in [2.05, 4.69) is 11.2 Å². The molecule has 0 radical (unpaired) electrons. The molecule has 1 aliphatic carbocycles. The smallest absolute Gasteiger partial charge is 0.170 e. The minimum absolute atomic E-state index is 0.104. The molecule has 0 spiro atoms. The molecular formula is C16H18N4O. The summed E-state index contributed by atoms with van der Waals surface area (Å²) in [5, 5.41) is 11.8. The fourth-order valence-electron chi connectivity index (χ4n) is 2.66. The molecule has 0 fully saturated rings. The number of fused-ring (bicyclic) bond motifs is 1. The number of oxime groups is 1. The third kappa shape index (κ3) is 2.54. The maximum atomic E-state index is 8.78. The monoisotopic (exact) mass is 282 g/mol. The van der Waals surface area contributed by atoms with Gasteiger partial charge in [0.2, 0.25) is 0 Å². The number of hydrogen-bond donors (Lipinski definition) is 2. The summed E-state index contributed by atoms with van der Waals surface area (Å²) < 4.78 is 0. The van der Waals surface area contributed by atoms with Crippen molar-refractivity contribution in [2.45, 2.75) is 19.3 Å². The molecule has 108 valence electrons. The summed E-state index contributed by atoms with van der Waals surface area (Å²) in [4.78, 5) is 6.75. The standard InChI is InChI=1S/C16H18N4O/c1-20(13-6-2-5-12(10-13)16(17)19-21)15-9-8-11-4-3-7-14(11)18-15/h2,5-6,8-10,21H,3-4,7H2,1H3,(H2,17,19). The van der Waals surface area contributed by atoms with Crippen molar-refractivity contribution in [2.24, 2.45) is 10.9 Å². The van der Waals surface area contributed by atoms with E-state index >= 15 is 0 Å². The van der Waals surface area contributed by atoms with E-state index in [0.717, 1.165) is 24.3 Å². The van der Waals surface area contributed by atoms with Crippen LogP contribution in [0.2, 0.25) is 0 Å². The van der Waals surface area contributed by atoms with Crippen LogP contribution >= 0.6 is 0 Å². The Morgan fingerprint density at radius 1 is 1.29 bits per heavy atom. The highest BCUT2D eigenvalue weighted by atomic mass is 16.4. The fraction of sp³-hybridized carbons (Fsp3) is 0.250. The molecule has 1 aliphatic rings. The van der Waals surface area contributed by atoms with Crippen LogP contribution in [0.25, 0.3) is 0 Å². The Morgan fingerprint density at radius 3 is 2.95 bits per heavy atom. The van der Waals surface area contributed by atoms with Gasteiger partial charge in [0, 0.05) is 24.0 Å². The van der Waals surface area contributed by atoms with Crippen LogP contribution in [-0.4, -0.2) is 23.1 Å². The van der Waals surface area contributed by atoms with E-state index in [1.165, 1.54) is 17.7 Å². The van der Waals surface area contributed by atoms with Crippen LogP contribution in [0.4, 0.5) is 11.5 Å². The minimum atomic E-state index is 0.104. The van der Waals surface area contributed by atoms with Crippen molar-refractivity contribution in [2.75, 3.05) is 11.9 Å². The van der Waals surface area contributed by atoms with E-state index in [1.807, 2.05) is 42.3 Å². The summed E-state index contributed by atoms with van der Waals surface area (Å²) in [7, 11) is 1.97. The Bertz CT molecular complexity index is 696. The Morgan fingerprint density at radius 2 is 2.14 bits per heavy atom. The molecule has 0 unspecified atom stereocenters. The summed E-state index contributed by atoms with van der Waals surface area (Å²) in [6.07, 6.45) is 3.38. The second-order valence-electron chi connectivity index (χ2n) is 5.22. The van der Waals surface area contributed by atoms with Crippen LogP contribution < -0.4 is 10.6 Å². The van der Waals surface area contributed by atoms with Crippen LogP contribution in [0.1, 0.15) is 23.2 Å². The Kier molecular flexibility index (Phi) is 3.48. The van der Waals surface area contributed by atoms with Gasteiger partial charge in [-0.15, -0.1) is 0 Å². The predicted molar refractivity (Wildman–Crippen MR) is 83.3 cm³/mol. The summed E-state index contributed by atoms with van der Waals surface area (Å²) in [5.41, 5.74) is 9.83. The topological polar surface area (TPSA) is 74.7 Å². The van der Waals surface area contributed by atoms with Gasteiger partial charge in [-0.1, -0.05) is 23.4 Å². The second-order valence-corrected chi connectivity index (χ2v) is 5.22. The van der Waals surface area contributed by atoms with Crippen molar-refractivity contribution in [3.05, 3.63) is 53.2 Å². The summed E-state index contributed by atoms with van der Waals surface area (Å²) >= 11 is 0. The molecule has 3 N–H and O–H groups in total. The van der Waals surface area contributed by atoms with Gasteiger partial charge in [-0.2, -0.15) is 0 Å². The van der Waals surface area contributed by atoms with Crippen molar-refractivity contribution >= 4 is 17.3 Å². The van der Waals surface area contributed by atoms with Crippen molar-refractivity contribution in [1.82, 2.24) is 4.98 Å². The quantitative estimate of drug-likeness (QED) is 0.392. The van der Waals surface area contributed by atoms with Crippen molar-refractivity contribution in [3.63, 3.8) is 0 Å². The molecule has 3 rings (SSSR count). The highest BCUT2D eigenvalue weighted by molar-refractivity contribution is 5.97. The Balaban J connectivity index is 1.93. The molecule has 5 nitrogen and oxygen atoms in total. The van der Waals surface area contributed by atoms with Gasteiger partial charge in [-0.3, -0.25) is 0 Å². The largest absolute Gasteiger partial charge is 0.409 e. The number of amidine groups is 1. The van der Waals surface area contributed by atoms with E-state index in [0.29, 0.717) is 5.56 Å². The first kappa shape index (κ1) is 13.4. The zero-order chi connectivity index (χ0) is 14.8. The first-order chi connectivity index (χ1) is 10.2. The van der Waals surface area contributed by atoms with Gasteiger partial charge in [0.05, 0.1) is 0 Å².